The van der Waals surface area contributed by atoms with Crippen molar-refractivity contribution in [1.29, 1.82) is 0 Å². The molecule has 0 amide bonds. The van der Waals surface area contributed by atoms with E-state index < -0.39 is 15.8 Å². The zero-order valence-corrected chi connectivity index (χ0v) is 43.2. The quantitative estimate of drug-likeness (QED) is 0.0512. The van der Waals surface area contributed by atoms with Gasteiger partial charge in [0.15, 0.2) is 5.90 Å². The third-order valence-corrected chi connectivity index (χ3v) is 19.6. The molecule has 12 rings (SSSR count). The number of hydrogen-bond donors (Lipinski definition) is 0. The maximum absolute atomic E-state index is 7.56. The van der Waals surface area contributed by atoms with Crippen LogP contribution in [0, 0.1) is 24.7 Å². The molecule has 0 spiro atoms. The summed E-state index contributed by atoms with van der Waals surface area (Å²) >= 11 is 0. The first kappa shape index (κ1) is 49.1. The van der Waals surface area contributed by atoms with Crippen molar-refractivity contribution in [3.8, 4) is 11.8 Å². The Bertz CT molecular complexity index is 3420. The van der Waals surface area contributed by atoms with Crippen LogP contribution in [0.4, 0.5) is 0 Å². The molecule has 12 aromatic rings. The minimum atomic E-state index is -0.847. The van der Waals surface area contributed by atoms with E-state index in [4.69, 9.17) is 12.8 Å². The molecule has 0 nitrogen and oxygen atoms in total. The number of fused-ring (bicyclic) bond motifs is 10. The number of rotatable bonds is 6. The summed E-state index contributed by atoms with van der Waals surface area (Å²) in [6.07, 6.45) is 15.1. The average molecular weight is 1190 g/mol. The monoisotopic (exact) mass is 1190 g/mol. The maximum atomic E-state index is 7.56. The maximum Gasteiger partial charge on any atom is 1.00 e. The predicted octanol–water partition coefficient (Wildman–Crippen LogP) is 14.8. The average Bonchev–Trinajstić information content (AvgIpc) is 3.41. The van der Waals surface area contributed by atoms with Crippen molar-refractivity contribution in [2.45, 2.75) is 0 Å². The smallest absolute Gasteiger partial charge is 0.366 e. The van der Waals surface area contributed by atoms with Crippen molar-refractivity contribution in [2.75, 3.05) is 5.90 Å². The Balaban J connectivity index is 0.000000140. The summed E-state index contributed by atoms with van der Waals surface area (Å²) in [6, 6.07) is 90.5. The Morgan fingerprint density at radius 3 is 0.855 bits per heavy atom. The second-order valence-corrected chi connectivity index (χ2v) is 22.2. The molecular weight excluding hydrogens is 1150 g/mol. The Hall–Kier alpha value is -6.34. The van der Waals surface area contributed by atoms with Crippen LogP contribution in [0.5, 0.6) is 0 Å². The van der Waals surface area contributed by atoms with Gasteiger partial charge in [0.25, 0.3) is 0 Å². The van der Waals surface area contributed by atoms with Crippen molar-refractivity contribution in [3.63, 3.8) is 0 Å². The molecule has 69 heavy (non-hydrogen) atoms. The fourth-order valence-electron chi connectivity index (χ4n) is 9.40. The molecule has 0 heterocycles. The van der Waals surface area contributed by atoms with Crippen molar-refractivity contribution < 1.29 is 44.8 Å². The summed E-state index contributed by atoms with van der Waals surface area (Å²) in [5, 5.41) is 20.3. The summed E-state index contributed by atoms with van der Waals surface area (Å²) in [5.41, 5.74) is 1.70. The number of hydrogen-bond acceptors (Lipinski definition) is 0. The van der Waals surface area contributed by atoms with Gasteiger partial charge in [-0.2, -0.15) is 0 Å². The van der Waals surface area contributed by atoms with Crippen LogP contribution >= 0.6 is 15.8 Å². The fourth-order valence-corrected chi connectivity index (χ4v) is 17.1. The molecule has 336 valence electrons. The summed E-state index contributed by atoms with van der Waals surface area (Å²) in [6.45, 7) is 0. The van der Waals surface area contributed by atoms with Gasteiger partial charge in [-0.1, -0.05) is 205 Å². The van der Waals surface area contributed by atoms with Crippen molar-refractivity contribution >= 4 is 102 Å². The van der Waals surface area contributed by atoms with Crippen LogP contribution in [0.3, 0.4) is 0 Å². The molecule has 0 saturated carbocycles. The van der Waals surface area contributed by atoms with Crippen LogP contribution in [0.1, 0.15) is 11.1 Å². The SMILES string of the molecule is [Ag+].[Au+].[C-]#Cc1cc2c3ccccc3ccc2c2ccccc12.[C-]#Cc1cc2c3ccccc3ccc2c2ccccc12.c1ccc([PH+](C[PH+](c2ccccc2)c2ccccc2)c2ccccc2)cc1. The topological polar surface area (TPSA) is 0 Å². The predicted molar refractivity (Wildman–Crippen MR) is 296 cm³/mol. The first-order chi connectivity index (χ1) is 33.2. The molecule has 0 aliphatic carbocycles. The molecule has 0 aromatic heterocycles. The largest absolute Gasteiger partial charge is 1.00 e. The zero-order chi connectivity index (χ0) is 45.4. The molecule has 0 N–H and O–H groups in total. The van der Waals surface area contributed by atoms with Gasteiger partial charge in [0.2, 0.25) is 0 Å². The minimum Gasteiger partial charge on any atom is -0.366 e. The van der Waals surface area contributed by atoms with Gasteiger partial charge in [0, 0.05) is 0 Å². The fraction of sp³-hybridized carbons (Fsp3) is 0.0154. The van der Waals surface area contributed by atoms with E-state index in [0.717, 1.165) is 21.9 Å². The molecule has 12 aromatic carbocycles. The van der Waals surface area contributed by atoms with E-state index >= 15 is 0 Å². The van der Waals surface area contributed by atoms with Gasteiger partial charge in [-0.3, -0.25) is 11.8 Å². The van der Waals surface area contributed by atoms with Gasteiger partial charge in [0.1, 0.15) is 37.1 Å². The molecule has 0 unspecified atom stereocenters. The molecule has 0 atom stereocenters. The Morgan fingerprint density at radius 1 is 0.275 bits per heavy atom. The van der Waals surface area contributed by atoms with Crippen LogP contribution in [0.2, 0.25) is 0 Å². The third-order valence-electron chi connectivity index (χ3n) is 12.6. The molecule has 0 saturated heterocycles. The molecule has 0 bridgehead atoms. The second kappa shape index (κ2) is 23.3. The summed E-state index contributed by atoms with van der Waals surface area (Å²) in [7, 11) is -1.69. The molecule has 0 radical (unpaired) electrons. The van der Waals surface area contributed by atoms with Gasteiger partial charge >= 0.3 is 44.8 Å². The summed E-state index contributed by atoms with van der Waals surface area (Å²) < 4.78 is 0. The Labute approximate surface area is 439 Å². The van der Waals surface area contributed by atoms with E-state index in [1.54, 1.807) is 0 Å². The van der Waals surface area contributed by atoms with Crippen molar-refractivity contribution in [3.05, 3.63) is 279 Å². The minimum absolute atomic E-state index is 0. The summed E-state index contributed by atoms with van der Waals surface area (Å²) in [4.78, 5) is 0. The van der Waals surface area contributed by atoms with Crippen LogP contribution in [0.25, 0.3) is 64.6 Å². The first-order valence-electron chi connectivity index (χ1n) is 22.6. The Morgan fingerprint density at radius 2 is 0.536 bits per heavy atom. The molecular formula is C65H46AgAuP2+2. The van der Waals surface area contributed by atoms with Crippen LogP contribution in [0.15, 0.2) is 255 Å². The van der Waals surface area contributed by atoms with E-state index in [1.165, 1.54) is 81.0 Å². The normalized spacial score (nSPS) is 10.7. The first-order valence-corrected chi connectivity index (χ1v) is 26.0. The summed E-state index contributed by atoms with van der Waals surface area (Å²) in [5.74, 6) is 6.40. The second-order valence-electron chi connectivity index (χ2n) is 16.6. The van der Waals surface area contributed by atoms with Crippen LogP contribution in [-0.2, 0) is 44.8 Å². The zero-order valence-electron chi connectivity index (χ0n) is 37.6. The van der Waals surface area contributed by atoms with Gasteiger partial charge in [-0.05, 0) is 102 Å². The molecule has 0 aliphatic rings. The molecule has 0 fully saturated rings. The van der Waals surface area contributed by atoms with Crippen molar-refractivity contribution in [2.24, 2.45) is 0 Å². The van der Waals surface area contributed by atoms with E-state index in [2.05, 4.69) is 242 Å². The van der Waals surface area contributed by atoms with Gasteiger partial charge in [0.05, 0.1) is 0 Å². The van der Waals surface area contributed by atoms with Crippen molar-refractivity contribution in [1.82, 2.24) is 0 Å². The van der Waals surface area contributed by atoms with Gasteiger partial charge in [-0.15, -0.1) is 23.3 Å². The Kier molecular flexibility index (Phi) is 16.6. The molecule has 0 aliphatic heterocycles. The van der Waals surface area contributed by atoms with Gasteiger partial charge < -0.3 is 12.8 Å². The van der Waals surface area contributed by atoms with E-state index in [1.807, 2.05) is 24.3 Å². The molecule has 4 heteroatoms. The van der Waals surface area contributed by atoms with E-state index in [-0.39, 0.29) is 44.8 Å². The number of benzene rings is 12. The third kappa shape index (κ3) is 10.6. The van der Waals surface area contributed by atoms with E-state index in [9.17, 15) is 0 Å². The van der Waals surface area contributed by atoms with Crippen LogP contribution < -0.4 is 21.2 Å². The van der Waals surface area contributed by atoms with Gasteiger partial charge in [-0.25, -0.2) is 0 Å². The van der Waals surface area contributed by atoms with E-state index in [0.29, 0.717) is 0 Å². The standard InChI is InChI=1S/C25H22P2.2C20H11.Ag.Au/c1-5-13-22(14-6-1)26(23-15-7-2-8-16-23)21-27(24-17-9-3-10-18-24)25-19-11-4-12-20-25;2*1-2-14-13-20-17-9-4-3-7-15(17)11-12-19(20)18-10-6-5-8-16(14)18;;/h1-20H,21H2;2*3-13H;;/q;2*-1;2*+1/p+2. The van der Waals surface area contributed by atoms with Crippen LogP contribution in [-0.4, -0.2) is 5.90 Å².